The van der Waals surface area contributed by atoms with Crippen molar-refractivity contribution in [1.82, 2.24) is 9.97 Å². The molecule has 4 rings (SSSR count). The highest BCUT2D eigenvalue weighted by atomic mass is 16.5. The van der Waals surface area contributed by atoms with Gasteiger partial charge in [0.25, 0.3) is 0 Å². The minimum atomic E-state index is 0.546. The highest BCUT2D eigenvalue weighted by molar-refractivity contribution is 5.96. The normalized spacial score (nSPS) is 15.1. The predicted octanol–water partition coefficient (Wildman–Crippen LogP) is 2.49. The molecule has 0 amide bonds. The van der Waals surface area contributed by atoms with Crippen molar-refractivity contribution in [2.45, 2.75) is 0 Å². The Morgan fingerprint density at radius 1 is 1.14 bits per heavy atom. The molecule has 0 saturated carbocycles. The molecule has 22 heavy (non-hydrogen) atoms. The summed E-state index contributed by atoms with van der Waals surface area (Å²) in [6, 6.07) is 12.2. The first-order valence-electron chi connectivity index (χ1n) is 7.28. The summed E-state index contributed by atoms with van der Waals surface area (Å²) in [5.41, 5.74) is 2.16. The molecular formula is C17H14N4O. The zero-order valence-corrected chi connectivity index (χ0v) is 12.0. The van der Waals surface area contributed by atoms with E-state index in [0.717, 1.165) is 34.9 Å². The topological polar surface area (TPSA) is 62.0 Å². The monoisotopic (exact) mass is 290 g/mol. The van der Waals surface area contributed by atoms with E-state index in [4.69, 9.17) is 4.74 Å². The minimum Gasteiger partial charge on any atom is -0.378 e. The van der Waals surface area contributed by atoms with Gasteiger partial charge in [-0.1, -0.05) is 18.2 Å². The molecule has 5 heteroatoms. The zero-order valence-electron chi connectivity index (χ0n) is 12.0. The van der Waals surface area contributed by atoms with Crippen LogP contribution in [0.1, 0.15) is 5.56 Å². The first kappa shape index (κ1) is 13.0. The lowest BCUT2D eigenvalue weighted by atomic mass is 10.1. The molecule has 1 aliphatic rings. The van der Waals surface area contributed by atoms with Crippen molar-refractivity contribution in [1.29, 1.82) is 5.26 Å². The van der Waals surface area contributed by atoms with E-state index < -0.39 is 0 Å². The lowest BCUT2D eigenvalue weighted by Gasteiger charge is -2.28. The molecular weight excluding hydrogens is 276 g/mol. The van der Waals surface area contributed by atoms with Crippen LogP contribution in [0, 0.1) is 11.3 Å². The van der Waals surface area contributed by atoms with Gasteiger partial charge in [0.15, 0.2) is 0 Å². The molecule has 0 atom stereocenters. The number of ether oxygens (including phenoxy) is 1. The average molecular weight is 290 g/mol. The van der Waals surface area contributed by atoms with Crippen molar-refractivity contribution in [2.75, 3.05) is 31.2 Å². The summed E-state index contributed by atoms with van der Waals surface area (Å²) < 4.78 is 5.37. The zero-order chi connectivity index (χ0) is 14.9. The second-order valence-electron chi connectivity index (χ2n) is 5.29. The van der Waals surface area contributed by atoms with Gasteiger partial charge in [-0.2, -0.15) is 5.26 Å². The molecule has 1 fully saturated rings. The number of aromatic nitrogens is 2. The van der Waals surface area contributed by atoms with E-state index in [-0.39, 0.29) is 0 Å². The molecule has 0 bridgehead atoms. The average Bonchev–Trinajstić information content (AvgIpc) is 2.59. The lowest BCUT2D eigenvalue weighted by molar-refractivity contribution is 0.122. The second kappa shape index (κ2) is 5.24. The van der Waals surface area contributed by atoms with Crippen LogP contribution >= 0.6 is 0 Å². The summed E-state index contributed by atoms with van der Waals surface area (Å²) in [7, 11) is 0. The number of hydrogen-bond acceptors (Lipinski definition) is 5. The van der Waals surface area contributed by atoms with Crippen LogP contribution in [0.25, 0.3) is 21.8 Å². The largest absolute Gasteiger partial charge is 0.378 e. The maximum absolute atomic E-state index is 9.63. The number of para-hydroxylation sites is 1. The number of benzene rings is 1. The molecule has 2 aromatic heterocycles. The third-order valence-electron chi connectivity index (χ3n) is 3.96. The Morgan fingerprint density at radius 2 is 1.95 bits per heavy atom. The fourth-order valence-electron chi connectivity index (χ4n) is 2.85. The van der Waals surface area contributed by atoms with Crippen molar-refractivity contribution < 1.29 is 4.74 Å². The summed E-state index contributed by atoms with van der Waals surface area (Å²) in [6.07, 6.45) is 1.81. The molecule has 1 aromatic carbocycles. The van der Waals surface area contributed by atoms with E-state index in [1.165, 1.54) is 0 Å². The third-order valence-corrected chi connectivity index (χ3v) is 3.96. The van der Waals surface area contributed by atoms with Gasteiger partial charge in [0.05, 0.1) is 24.2 Å². The third kappa shape index (κ3) is 2.05. The summed E-state index contributed by atoms with van der Waals surface area (Å²) in [5, 5.41) is 11.6. The quantitative estimate of drug-likeness (QED) is 0.644. The Hall–Kier alpha value is -2.71. The first-order valence-corrected chi connectivity index (χ1v) is 7.28. The van der Waals surface area contributed by atoms with E-state index in [1.807, 2.05) is 30.3 Å². The van der Waals surface area contributed by atoms with Crippen LogP contribution in [0.4, 0.5) is 5.82 Å². The van der Waals surface area contributed by atoms with Gasteiger partial charge in [-0.15, -0.1) is 0 Å². The van der Waals surface area contributed by atoms with Gasteiger partial charge >= 0.3 is 0 Å². The van der Waals surface area contributed by atoms with Crippen molar-refractivity contribution in [3.8, 4) is 6.07 Å². The number of nitriles is 1. The minimum absolute atomic E-state index is 0.546. The van der Waals surface area contributed by atoms with E-state index in [0.29, 0.717) is 24.6 Å². The maximum atomic E-state index is 9.63. The number of pyridine rings is 2. The van der Waals surface area contributed by atoms with Crippen molar-refractivity contribution >= 4 is 27.6 Å². The Morgan fingerprint density at radius 3 is 2.77 bits per heavy atom. The number of nitrogens with zero attached hydrogens (tertiary/aromatic N) is 4. The Kier molecular flexibility index (Phi) is 3.10. The predicted molar refractivity (Wildman–Crippen MR) is 84.8 cm³/mol. The molecule has 108 valence electrons. The van der Waals surface area contributed by atoms with Crippen LogP contribution in [-0.2, 0) is 4.74 Å². The molecule has 3 aromatic rings. The van der Waals surface area contributed by atoms with Crippen LogP contribution in [0.5, 0.6) is 0 Å². The molecule has 1 aliphatic heterocycles. The van der Waals surface area contributed by atoms with E-state index in [9.17, 15) is 5.26 Å². The number of hydrogen-bond donors (Lipinski definition) is 0. The molecule has 3 heterocycles. The van der Waals surface area contributed by atoms with Crippen LogP contribution in [-0.4, -0.2) is 36.3 Å². The fourth-order valence-corrected chi connectivity index (χ4v) is 2.85. The number of anilines is 1. The van der Waals surface area contributed by atoms with Gasteiger partial charge in [0, 0.05) is 30.1 Å². The molecule has 0 unspecified atom stereocenters. The van der Waals surface area contributed by atoms with Gasteiger partial charge in [0.1, 0.15) is 17.5 Å². The maximum Gasteiger partial charge on any atom is 0.148 e. The SMILES string of the molecule is N#Cc1c(N2CCOCC2)ncc2cc3ccccc3nc12. The van der Waals surface area contributed by atoms with Gasteiger partial charge in [-0.05, 0) is 12.1 Å². The van der Waals surface area contributed by atoms with Crippen molar-refractivity contribution in [2.24, 2.45) is 0 Å². The van der Waals surface area contributed by atoms with Crippen molar-refractivity contribution in [3.05, 3.63) is 42.1 Å². The van der Waals surface area contributed by atoms with E-state index >= 15 is 0 Å². The van der Waals surface area contributed by atoms with Crippen LogP contribution < -0.4 is 4.90 Å². The Bertz CT molecular complexity index is 894. The fraction of sp³-hybridized carbons (Fsp3) is 0.235. The molecule has 0 radical (unpaired) electrons. The number of fused-ring (bicyclic) bond motifs is 2. The Labute approximate surface area is 127 Å². The highest BCUT2D eigenvalue weighted by Gasteiger charge is 2.19. The van der Waals surface area contributed by atoms with Gasteiger partial charge in [-0.3, -0.25) is 0 Å². The molecule has 0 spiro atoms. The second-order valence-corrected chi connectivity index (χ2v) is 5.29. The van der Waals surface area contributed by atoms with Gasteiger partial charge < -0.3 is 9.64 Å². The molecule has 0 aliphatic carbocycles. The Balaban J connectivity index is 1.96. The van der Waals surface area contributed by atoms with Crippen LogP contribution in [0.2, 0.25) is 0 Å². The van der Waals surface area contributed by atoms with Crippen LogP contribution in [0.15, 0.2) is 36.5 Å². The van der Waals surface area contributed by atoms with Crippen LogP contribution in [0.3, 0.4) is 0 Å². The summed E-state index contributed by atoms with van der Waals surface area (Å²) in [5.74, 6) is 0.709. The standard InChI is InChI=1S/C17H14N4O/c18-10-14-16-13(9-12-3-1-2-4-15(12)20-16)11-19-17(14)21-5-7-22-8-6-21/h1-4,9,11H,5-8H2. The van der Waals surface area contributed by atoms with Crippen molar-refractivity contribution in [3.63, 3.8) is 0 Å². The van der Waals surface area contributed by atoms with E-state index in [1.54, 1.807) is 6.20 Å². The summed E-state index contributed by atoms with van der Waals surface area (Å²) in [4.78, 5) is 11.3. The van der Waals surface area contributed by atoms with Gasteiger partial charge in [-0.25, -0.2) is 9.97 Å². The molecule has 1 saturated heterocycles. The van der Waals surface area contributed by atoms with Gasteiger partial charge in [0.2, 0.25) is 0 Å². The first-order chi connectivity index (χ1) is 10.9. The summed E-state index contributed by atoms with van der Waals surface area (Å²) in [6.45, 7) is 2.83. The molecule has 0 N–H and O–H groups in total. The highest BCUT2D eigenvalue weighted by Crippen LogP contribution is 2.27. The lowest BCUT2D eigenvalue weighted by Crippen LogP contribution is -2.37. The van der Waals surface area contributed by atoms with E-state index in [2.05, 4.69) is 20.9 Å². The summed E-state index contributed by atoms with van der Waals surface area (Å²) >= 11 is 0. The molecule has 5 nitrogen and oxygen atoms in total. The smallest absolute Gasteiger partial charge is 0.148 e. The number of rotatable bonds is 1. The number of morpholine rings is 1.